The summed E-state index contributed by atoms with van der Waals surface area (Å²) in [4.78, 5) is 13.7. The minimum Gasteiger partial charge on any atom is -0.353 e. The first-order chi connectivity index (χ1) is 9.78. The van der Waals surface area contributed by atoms with Crippen molar-refractivity contribution in [3.05, 3.63) is 35.0 Å². The van der Waals surface area contributed by atoms with Crippen molar-refractivity contribution in [3.8, 4) is 0 Å². The van der Waals surface area contributed by atoms with Crippen molar-refractivity contribution in [2.45, 2.75) is 13.5 Å². The minimum absolute atomic E-state index is 0.553. The monoisotopic (exact) mass is 289 g/mol. The standard InChI is InChI=1S/C14H19N5S/c1-11-12(10-15)2-3-13(17-11)18-5-7-19(8-6-18)14-16-4-9-20-14/h2-4,9H,5-8,10,15H2,1H3. The summed E-state index contributed by atoms with van der Waals surface area (Å²) >= 11 is 1.70. The van der Waals surface area contributed by atoms with Crippen molar-refractivity contribution in [2.24, 2.45) is 5.73 Å². The molecule has 1 saturated heterocycles. The van der Waals surface area contributed by atoms with Crippen LogP contribution >= 0.6 is 11.3 Å². The van der Waals surface area contributed by atoms with Crippen LogP contribution in [0.4, 0.5) is 10.9 Å². The number of thiazole rings is 1. The second-order valence-electron chi connectivity index (χ2n) is 4.91. The van der Waals surface area contributed by atoms with E-state index in [1.54, 1.807) is 11.3 Å². The van der Waals surface area contributed by atoms with Gasteiger partial charge in [0.2, 0.25) is 0 Å². The maximum Gasteiger partial charge on any atom is 0.185 e. The number of aromatic nitrogens is 2. The molecule has 0 atom stereocenters. The van der Waals surface area contributed by atoms with Crippen LogP contribution in [0.15, 0.2) is 23.7 Å². The molecule has 0 aromatic carbocycles. The third-order valence-electron chi connectivity index (χ3n) is 3.69. The lowest BCUT2D eigenvalue weighted by atomic mass is 10.2. The van der Waals surface area contributed by atoms with Gasteiger partial charge in [0.15, 0.2) is 5.13 Å². The van der Waals surface area contributed by atoms with Crippen LogP contribution < -0.4 is 15.5 Å². The first-order valence-electron chi connectivity index (χ1n) is 6.84. The van der Waals surface area contributed by atoms with E-state index in [0.29, 0.717) is 6.54 Å². The average Bonchev–Trinajstić information content (AvgIpc) is 3.01. The first kappa shape index (κ1) is 13.3. The molecule has 0 unspecified atom stereocenters. The van der Waals surface area contributed by atoms with Gasteiger partial charge in [0, 0.05) is 50.0 Å². The van der Waals surface area contributed by atoms with Crippen molar-refractivity contribution in [1.82, 2.24) is 9.97 Å². The van der Waals surface area contributed by atoms with E-state index in [4.69, 9.17) is 5.73 Å². The van der Waals surface area contributed by atoms with Crippen LogP contribution in [0.25, 0.3) is 0 Å². The number of nitrogens with two attached hydrogens (primary N) is 1. The van der Waals surface area contributed by atoms with E-state index in [1.807, 2.05) is 18.5 Å². The lowest BCUT2D eigenvalue weighted by Gasteiger charge is -2.35. The smallest absolute Gasteiger partial charge is 0.185 e. The molecular weight excluding hydrogens is 270 g/mol. The van der Waals surface area contributed by atoms with Gasteiger partial charge in [-0.1, -0.05) is 6.07 Å². The van der Waals surface area contributed by atoms with Gasteiger partial charge in [0.05, 0.1) is 0 Å². The van der Waals surface area contributed by atoms with Crippen molar-refractivity contribution < 1.29 is 0 Å². The SMILES string of the molecule is Cc1nc(N2CCN(c3nccs3)CC2)ccc1CN. The number of piperazine rings is 1. The van der Waals surface area contributed by atoms with Gasteiger partial charge in [0.1, 0.15) is 5.82 Å². The van der Waals surface area contributed by atoms with E-state index in [2.05, 4.69) is 31.9 Å². The molecule has 0 aliphatic carbocycles. The highest BCUT2D eigenvalue weighted by molar-refractivity contribution is 7.13. The number of rotatable bonds is 3. The van der Waals surface area contributed by atoms with Crippen LogP contribution in [0, 0.1) is 6.92 Å². The molecule has 106 valence electrons. The molecular formula is C14H19N5S. The van der Waals surface area contributed by atoms with Gasteiger partial charge in [-0.15, -0.1) is 11.3 Å². The average molecular weight is 289 g/mol. The maximum absolute atomic E-state index is 5.69. The Morgan fingerprint density at radius 1 is 1.20 bits per heavy atom. The summed E-state index contributed by atoms with van der Waals surface area (Å²) in [5.41, 5.74) is 7.84. The molecule has 20 heavy (non-hydrogen) atoms. The summed E-state index contributed by atoms with van der Waals surface area (Å²) in [6, 6.07) is 4.17. The van der Waals surface area contributed by atoms with Crippen LogP contribution in [-0.4, -0.2) is 36.1 Å². The van der Waals surface area contributed by atoms with E-state index in [-0.39, 0.29) is 0 Å². The fourth-order valence-corrected chi connectivity index (χ4v) is 3.16. The van der Waals surface area contributed by atoms with Crippen molar-refractivity contribution in [2.75, 3.05) is 36.0 Å². The summed E-state index contributed by atoms with van der Waals surface area (Å²) in [7, 11) is 0. The Labute approximate surface area is 123 Å². The Bertz CT molecular complexity index is 561. The Kier molecular flexibility index (Phi) is 3.84. The van der Waals surface area contributed by atoms with Crippen LogP contribution in [0.5, 0.6) is 0 Å². The number of aryl methyl sites for hydroxylation is 1. The third kappa shape index (κ3) is 2.62. The molecule has 1 aliphatic heterocycles. The lowest BCUT2D eigenvalue weighted by Crippen LogP contribution is -2.46. The molecule has 1 aliphatic rings. The Hall–Kier alpha value is -1.66. The normalized spacial score (nSPS) is 15.7. The van der Waals surface area contributed by atoms with Gasteiger partial charge in [0.25, 0.3) is 0 Å². The highest BCUT2D eigenvalue weighted by Gasteiger charge is 2.19. The maximum atomic E-state index is 5.69. The van der Waals surface area contributed by atoms with E-state index < -0.39 is 0 Å². The molecule has 0 radical (unpaired) electrons. The topological polar surface area (TPSA) is 58.3 Å². The zero-order valence-electron chi connectivity index (χ0n) is 11.6. The molecule has 0 saturated carbocycles. The molecule has 0 amide bonds. The van der Waals surface area contributed by atoms with E-state index in [0.717, 1.165) is 48.4 Å². The molecule has 2 N–H and O–H groups in total. The van der Waals surface area contributed by atoms with Crippen LogP contribution in [-0.2, 0) is 6.54 Å². The van der Waals surface area contributed by atoms with E-state index in [9.17, 15) is 0 Å². The Morgan fingerprint density at radius 3 is 2.55 bits per heavy atom. The predicted molar refractivity (Wildman–Crippen MR) is 83.4 cm³/mol. The fourth-order valence-electron chi connectivity index (χ4n) is 2.47. The second kappa shape index (κ2) is 5.76. The largest absolute Gasteiger partial charge is 0.353 e. The van der Waals surface area contributed by atoms with Crippen molar-refractivity contribution in [3.63, 3.8) is 0 Å². The van der Waals surface area contributed by atoms with Gasteiger partial charge < -0.3 is 15.5 Å². The minimum atomic E-state index is 0.553. The molecule has 3 rings (SSSR count). The van der Waals surface area contributed by atoms with Gasteiger partial charge in [-0.25, -0.2) is 9.97 Å². The van der Waals surface area contributed by atoms with E-state index >= 15 is 0 Å². The van der Waals surface area contributed by atoms with Gasteiger partial charge in [-0.3, -0.25) is 0 Å². The second-order valence-corrected chi connectivity index (χ2v) is 5.78. The molecule has 0 bridgehead atoms. The highest BCUT2D eigenvalue weighted by atomic mass is 32.1. The summed E-state index contributed by atoms with van der Waals surface area (Å²) in [6.07, 6.45) is 1.86. The Balaban J connectivity index is 1.67. The van der Waals surface area contributed by atoms with Gasteiger partial charge in [-0.2, -0.15) is 0 Å². The Morgan fingerprint density at radius 2 is 1.95 bits per heavy atom. The zero-order chi connectivity index (χ0) is 13.9. The molecule has 2 aromatic rings. The quantitative estimate of drug-likeness (QED) is 0.930. The molecule has 3 heterocycles. The number of hydrogen-bond acceptors (Lipinski definition) is 6. The summed E-state index contributed by atoms with van der Waals surface area (Å²) in [5, 5.41) is 3.14. The van der Waals surface area contributed by atoms with Crippen LogP contribution in [0.3, 0.4) is 0 Å². The number of hydrogen-bond donors (Lipinski definition) is 1. The summed E-state index contributed by atoms with van der Waals surface area (Å²) in [6.45, 7) is 6.52. The molecule has 5 nitrogen and oxygen atoms in total. The molecule has 0 spiro atoms. The summed E-state index contributed by atoms with van der Waals surface area (Å²) < 4.78 is 0. The van der Waals surface area contributed by atoms with Crippen LogP contribution in [0.1, 0.15) is 11.3 Å². The molecule has 6 heteroatoms. The van der Waals surface area contributed by atoms with Gasteiger partial charge >= 0.3 is 0 Å². The lowest BCUT2D eigenvalue weighted by molar-refractivity contribution is 0.645. The van der Waals surface area contributed by atoms with E-state index in [1.165, 1.54) is 0 Å². The third-order valence-corrected chi connectivity index (χ3v) is 4.53. The first-order valence-corrected chi connectivity index (χ1v) is 7.72. The van der Waals surface area contributed by atoms with Crippen molar-refractivity contribution in [1.29, 1.82) is 0 Å². The zero-order valence-corrected chi connectivity index (χ0v) is 12.4. The number of anilines is 2. The molecule has 2 aromatic heterocycles. The summed E-state index contributed by atoms with van der Waals surface area (Å²) in [5.74, 6) is 1.05. The highest BCUT2D eigenvalue weighted by Crippen LogP contribution is 2.21. The van der Waals surface area contributed by atoms with Crippen LogP contribution in [0.2, 0.25) is 0 Å². The van der Waals surface area contributed by atoms with Crippen molar-refractivity contribution >= 4 is 22.3 Å². The predicted octanol–water partition coefficient (Wildman–Crippen LogP) is 1.63. The molecule has 1 fully saturated rings. The fraction of sp³-hybridized carbons (Fsp3) is 0.429. The number of nitrogens with zero attached hydrogens (tertiary/aromatic N) is 4. The number of pyridine rings is 1. The van der Waals surface area contributed by atoms with Gasteiger partial charge in [-0.05, 0) is 18.6 Å².